The van der Waals surface area contributed by atoms with Crippen molar-refractivity contribution in [3.05, 3.63) is 176 Å². The highest BCUT2D eigenvalue weighted by atomic mass is 15.1. The number of para-hydroxylation sites is 1. The average Bonchev–Trinajstić information content (AvgIpc) is 3.52. The summed E-state index contributed by atoms with van der Waals surface area (Å²) in [5.41, 5.74) is 13.2. The Kier molecular flexibility index (Phi) is 6.82. The lowest BCUT2D eigenvalue weighted by molar-refractivity contribution is 1.08. The first-order valence-electron chi connectivity index (χ1n) is 15.2. The van der Waals surface area contributed by atoms with Crippen molar-refractivity contribution >= 4 is 11.2 Å². The fourth-order valence-electron chi connectivity index (χ4n) is 6.32. The second kappa shape index (κ2) is 11.6. The lowest BCUT2D eigenvalue weighted by Gasteiger charge is -2.19. The van der Waals surface area contributed by atoms with E-state index in [0.717, 1.165) is 39.4 Å². The SMILES string of the molecule is c1ccc(-c2ccccc2-c2ccccc2-c2ccccc2-c2ccccc2-c2nc3cccnc3n2-c2ccccc2)cc1. The Labute approximate surface area is 262 Å². The smallest absolute Gasteiger partial charge is 0.164 e. The molecule has 0 bridgehead atoms. The van der Waals surface area contributed by atoms with Crippen LogP contribution in [-0.4, -0.2) is 14.5 Å². The van der Waals surface area contributed by atoms with Crippen molar-refractivity contribution in [1.29, 1.82) is 0 Å². The van der Waals surface area contributed by atoms with Crippen LogP contribution < -0.4 is 0 Å². The van der Waals surface area contributed by atoms with Gasteiger partial charge in [-0.3, -0.25) is 4.57 Å². The summed E-state index contributed by atoms with van der Waals surface area (Å²) in [6.07, 6.45) is 1.83. The summed E-state index contributed by atoms with van der Waals surface area (Å²) in [6.45, 7) is 0. The number of rotatable bonds is 6. The lowest BCUT2D eigenvalue weighted by atomic mass is 9.86. The molecule has 0 saturated carbocycles. The van der Waals surface area contributed by atoms with E-state index in [4.69, 9.17) is 9.97 Å². The van der Waals surface area contributed by atoms with Crippen LogP contribution in [0.5, 0.6) is 0 Å². The molecule has 0 aliphatic rings. The monoisotopic (exact) mass is 575 g/mol. The first-order chi connectivity index (χ1) is 22.4. The zero-order valence-electron chi connectivity index (χ0n) is 24.6. The molecular weight excluding hydrogens is 546 g/mol. The van der Waals surface area contributed by atoms with E-state index in [2.05, 4.69) is 156 Å². The summed E-state index contributed by atoms with van der Waals surface area (Å²) < 4.78 is 2.17. The molecule has 0 unspecified atom stereocenters. The van der Waals surface area contributed by atoms with E-state index in [9.17, 15) is 0 Å². The molecule has 0 aliphatic carbocycles. The predicted molar refractivity (Wildman–Crippen MR) is 186 cm³/mol. The van der Waals surface area contributed by atoms with Gasteiger partial charge in [0.05, 0.1) is 0 Å². The van der Waals surface area contributed by atoms with Crippen LogP contribution in [0, 0.1) is 0 Å². The zero-order valence-corrected chi connectivity index (χ0v) is 24.6. The maximum absolute atomic E-state index is 5.16. The molecule has 45 heavy (non-hydrogen) atoms. The van der Waals surface area contributed by atoms with Gasteiger partial charge in [-0.25, -0.2) is 9.97 Å². The minimum Gasteiger partial charge on any atom is -0.277 e. The summed E-state index contributed by atoms with van der Waals surface area (Å²) in [6, 6.07) is 59.7. The molecule has 0 aliphatic heterocycles. The Morgan fingerprint density at radius 2 is 0.778 bits per heavy atom. The minimum absolute atomic E-state index is 0.838. The van der Waals surface area contributed by atoms with E-state index < -0.39 is 0 Å². The van der Waals surface area contributed by atoms with E-state index >= 15 is 0 Å². The fourth-order valence-corrected chi connectivity index (χ4v) is 6.32. The molecule has 2 aromatic heterocycles. The summed E-state index contributed by atoms with van der Waals surface area (Å²) in [7, 11) is 0. The summed E-state index contributed by atoms with van der Waals surface area (Å²) >= 11 is 0. The van der Waals surface area contributed by atoms with Gasteiger partial charge in [0.15, 0.2) is 5.65 Å². The molecule has 0 atom stereocenters. The maximum atomic E-state index is 5.16. The van der Waals surface area contributed by atoms with Gasteiger partial charge in [0, 0.05) is 17.4 Å². The van der Waals surface area contributed by atoms with Crippen molar-refractivity contribution in [2.24, 2.45) is 0 Å². The number of imidazole rings is 1. The van der Waals surface area contributed by atoms with E-state index in [1.807, 2.05) is 24.4 Å². The Hall–Kier alpha value is -6.06. The van der Waals surface area contributed by atoms with Crippen LogP contribution in [0.2, 0.25) is 0 Å². The molecule has 6 aromatic carbocycles. The van der Waals surface area contributed by atoms with Crippen molar-refractivity contribution in [3.63, 3.8) is 0 Å². The third-order valence-corrected chi connectivity index (χ3v) is 8.33. The van der Waals surface area contributed by atoms with Gasteiger partial charge < -0.3 is 0 Å². The van der Waals surface area contributed by atoms with Crippen molar-refractivity contribution in [2.75, 3.05) is 0 Å². The van der Waals surface area contributed by atoms with Crippen LogP contribution in [0.25, 0.3) is 72.7 Å². The number of fused-ring (bicyclic) bond motifs is 1. The molecule has 3 nitrogen and oxygen atoms in total. The normalized spacial score (nSPS) is 11.1. The van der Waals surface area contributed by atoms with Crippen LogP contribution in [-0.2, 0) is 0 Å². The van der Waals surface area contributed by atoms with E-state index in [1.165, 1.54) is 33.4 Å². The number of nitrogens with zero attached hydrogens (tertiary/aromatic N) is 3. The molecule has 8 aromatic rings. The molecule has 0 N–H and O–H groups in total. The molecule has 0 amide bonds. The van der Waals surface area contributed by atoms with Crippen LogP contribution in [0.1, 0.15) is 0 Å². The van der Waals surface area contributed by atoms with Gasteiger partial charge in [-0.2, -0.15) is 0 Å². The third kappa shape index (κ3) is 4.81. The molecule has 0 spiro atoms. The number of benzene rings is 6. The fraction of sp³-hybridized carbons (Fsp3) is 0. The van der Waals surface area contributed by atoms with Gasteiger partial charge >= 0.3 is 0 Å². The zero-order chi connectivity index (χ0) is 30.0. The number of aromatic nitrogens is 3. The topological polar surface area (TPSA) is 30.7 Å². The van der Waals surface area contributed by atoms with Gasteiger partial charge in [-0.1, -0.05) is 146 Å². The Morgan fingerprint density at radius 1 is 0.356 bits per heavy atom. The molecule has 212 valence electrons. The van der Waals surface area contributed by atoms with Crippen molar-refractivity contribution in [2.45, 2.75) is 0 Å². The highest BCUT2D eigenvalue weighted by molar-refractivity contribution is 5.98. The standard InChI is InChI=1S/C42H29N3/c1-3-16-30(17-4-1)32-20-7-8-21-33(32)34-22-9-10-23-35(34)36-24-11-12-25-37(36)38-26-13-14-27-39(38)41-44-40-28-15-29-43-42(40)45(41)31-18-5-2-6-19-31/h1-29H. The van der Waals surface area contributed by atoms with Crippen LogP contribution in [0.4, 0.5) is 0 Å². The second-order valence-electron chi connectivity index (χ2n) is 11.0. The van der Waals surface area contributed by atoms with Gasteiger partial charge in [0.1, 0.15) is 11.3 Å². The van der Waals surface area contributed by atoms with Gasteiger partial charge in [0.25, 0.3) is 0 Å². The maximum Gasteiger partial charge on any atom is 0.164 e. The van der Waals surface area contributed by atoms with Gasteiger partial charge in [0.2, 0.25) is 0 Å². The molecule has 0 saturated heterocycles. The summed E-state index contributed by atoms with van der Waals surface area (Å²) in [5.74, 6) is 0.864. The van der Waals surface area contributed by atoms with E-state index in [1.54, 1.807) is 0 Å². The molecule has 2 heterocycles. The first kappa shape index (κ1) is 26.6. The molecule has 3 heteroatoms. The number of hydrogen-bond donors (Lipinski definition) is 0. The highest BCUT2D eigenvalue weighted by Crippen LogP contribution is 2.43. The van der Waals surface area contributed by atoms with Crippen LogP contribution in [0.3, 0.4) is 0 Å². The number of hydrogen-bond acceptors (Lipinski definition) is 2. The summed E-state index contributed by atoms with van der Waals surface area (Å²) in [5, 5.41) is 0. The predicted octanol–water partition coefficient (Wildman–Crippen LogP) is 10.8. The molecule has 0 radical (unpaired) electrons. The quantitative estimate of drug-likeness (QED) is 0.197. The average molecular weight is 576 g/mol. The van der Waals surface area contributed by atoms with Crippen LogP contribution >= 0.6 is 0 Å². The number of pyridine rings is 1. The minimum atomic E-state index is 0.838. The van der Waals surface area contributed by atoms with Gasteiger partial charge in [-0.05, 0) is 68.8 Å². The lowest BCUT2D eigenvalue weighted by Crippen LogP contribution is -2.00. The van der Waals surface area contributed by atoms with Crippen molar-refractivity contribution in [1.82, 2.24) is 14.5 Å². The first-order valence-corrected chi connectivity index (χ1v) is 15.2. The van der Waals surface area contributed by atoms with Crippen molar-refractivity contribution < 1.29 is 0 Å². The Balaban J connectivity index is 1.35. The Morgan fingerprint density at radius 3 is 1.33 bits per heavy atom. The van der Waals surface area contributed by atoms with Crippen LogP contribution in [0.15, 0.2) is 176 Å². The van der Waals surface area contributed by atoms with E-state index in [0.29, 0.717) is 0 Å². The second-order valence-corrected chi connectivity index (χ2v) is 11.0. The highest BCUT2D eigenvalue weighted by Gasteiger charge is 2.21. The van der Waals surface area contributed by atoms with E-state index in [-0.39, 0.29) is 0 Å². The molecular formula is C42H29N3. The largest absolute Gasteiger partial charge is 0.277 e. The molecule has 0 fully saturated rings. The molecule has 8 rings (SSSR count). The van der Waals surface area contributed by atoms with Crippen molar-refractivity contribution in [3.8, 4) is 61.6 Å². The van der Waals surface area contributed by atoms with Gasteiger partial charge in [-0.15, -0.1) is 0 Å². The Bertz CT molecular complexity index is 2270. The third-order valence-electron chi connectivity index (χ3n) is 8.33. The summed E-state index contributed by atoms with van der Waals surface area (Å²) in [4.78, 5) is 9.91.